The van der Waals surface area contributed by atoms with E-state index in [1.165, 1.54) is 23.5 Å². The van der Waals surface area contributed by atoms with Crippen molar-refractivity contribution in [3.8, 4) is 5.75 Å². The summed E-state index contributed by atoms with van der Waals surface area (Å²) < 4.78 is 24.1. The lowest BCUT2D eigenvalue weighted by molar-refractivity contribution is -0.118. The Labute approximate surface area is 179 Å². The van der Waals surface area contributed by atoms with Crippen LogP contribution >= 0.6 is 23.7 Å². The third-order valence-corrected chi connectivity index (χ3v) is 5.64. The predicted molar refractivity (Wildman–Crippen MR) is 113 cm³/mol. The Hall–Kier alpha value is -2.16. The van der Waals surface area contributed by atoms with Crippen molar-refractivity contribution >= 4 is 40.6 Å². The van der Waals surface area contributed by atoms with E-state index in [4.69, 9.17) is 9.47 Å². The van der Waals surface area contributed by atoms with Gasteiger partial charge in [-0.25, -0.2) is 9.18 Å². The number of carbonyl (C=O) groups excluding carboxylic acids is 2. The highest BCUT2D eigenvalue weighted by molar-refractivity contribution is 7.17. The van der Waals surface area contributed by atoms with Gasteiger partial charge in [0.2, 0.25) is 0 Å². The molecule has 3 rings (SSSR count). The standard InChI is InChI=1S/C20H23FN2O4S.ClH/c1-3-23-10-9-13-16(11-23)28-19(18(13)20(25)26-4-2)22-17(24)12-27-15-8-6-5-7-14(15)21;/h5-8H,3-4,9-12H2,1-2H3,(H,22,24);1H. The number of hydrogen-bond donors (Lipinski definition) is 1. The molecule has 0 unspecified atom stereocenters. The Bertz CT molecular complexity index is 874. The number of esters is 1. The van der Waals surface area contributed by atoms with E-state index in [2.05, 4.69) is 17.1 Å². The Morgan fingerprint density at radius 2 is 2.03 bits per heavy atom. The summed E-state index contributed by atoms with van der Waals surface area (Å²) in [5.41, 5.74) is 1.37. The van der Waals surface area contributed by atoms with Crippen LogP contribution in [0.15, 0.2) is 24.3 Å². The minimum absolute atomic E-state index is 0. The van der Waals surface area contributed by atoms with Gasteiger partial charge in [-0.2, -0.15) is 0 Å². The number of nitrogens with zero attached hydrogens (tertiary/aromatic N) is 1. The van der Waals surface area contributed by atoms with Crippen molar-refractivity contribution in [1.82, 2.24) is 4.90 Å². The van der Waals surface area contributed by atoms with Crippen molar-refractivity contribution in [3.63, 3.8) is 0 Å². The van der Waals surface area contributed by atoms with Crippen molar-refractivity contribution < 1.29 is 23.5 Å². The molecule has 0 atom stereocenters. The number of ether oxygens (including phenoxy) is 2. The zero-order valence-corrected chi connectivity index (χ0v) is 18.0. The number of amides is 1. The van der Waals surface area contributed by atoms with Crippen molar-refractivity contribution in [1.29, 1.82) is 0 Å². The van der Waals surface area contributed by atoms with Crippen LogP contribution in [0.25, 0.3) is 0 Å². The number of likely N-dealkylation sites (N-methyl/N-ethyl adjacent to an activating group) is 1. The van der Waals surface area contributed by atoms with E-state index in [0.29, 0.717) is 10.6 Å². The number of fused-ring (bicyclic) bond motifs is 1. The zero-order chi connectivity index (χ0) is 20.1. The normalized spacial score (nSPS) is 13.2. The number of para-hydroxylation sites is 1. The molecule has 0 radical (unpaired) electrons. The first-order valence-electron chi connectivity index (χ1n) is 9.24. The largest absolute Gasteiger partial charge is 0.481 e. The van der Waals surface area contributed by atoms with Crippen molar-refractivity contribution in [2.75, 3.05) is 31.6 Å². The maximum Gasteiger partial charge on any atom is 0.341 e. The van der Waals surface area contributed by atoms with Crippen molar-refractivity contribution in [2.45, 2.75) is 26.8 Å². The summed E-state index contributed by atoms with van der Waals surface area (Å²) in [6.07, 6.45) is 0.732. The van der Waals surface area contributed by atoms with E-state index in [1.54, 1.807) is 19.1 Å². The van der Waals surface area contributed by atoms with Gasteiger partial charge in [-0.15, -0.1) is 23.7 Å². The molecular formula is C20H24ClFN2O4S. The number of thiophene rings is 1. The molecule has 1 amide bonds. The second kappa shape index (κ2) is 10.6. The molecule has 0 spiro atoms. The fourth-order valence-electron chi connectivity index (χ4n) is 3.10. The molecule has 1 aromatic carbocycles. The first kappa shape index (κ1) is 23.1. The molecule has 0 bridgehead atoms. The summed E-state index contributed by atoms with van der Waals surface area (Å²) in [4.78, 5) is 28.2. The molecule has 0 saturated carbocycles. The molecule has 1 N–H and O–H groups in total. The fourth-order valence-corrected chi connectivity index (χ4v) is 4.40. The minimum atomic E-state index is -0.534. The SMILES string of the molecule is CCOC(=O)c1c(NC(=O)COc2ccccc2F)sc2c1CCN(CC)C2.Cl. The highest BCUT2D eigenvalue weighted by Gasteiger charge is 2.29. The maximum atomic E-state index is 13.6. The first-order chi connectivity index (χ1) is 13.5. The molecule has 158 valence electrons. The van der Waals surface area contributed by atoms with Gasteiger partial charge in [0, 0.05) is 18.0 Å². The highest BCUT2D eigenvalue weighted by atomic mass is 35.5. The summed E-state index contributed by atoms with van der Waals surface area (Å²) in [5, 5.41) is 3.20. The number of nitrogens with one attached hydrogen (secondary N) is 1. The zero-order valence-electron chi connectivity index (χ0n) is 16.3. The van der Waals surface area contributed by atoms with Gasteiger partial charge in [-0.05, 0) is 37.6 Å². The van der Waals surface area contributed by atoms with Crippen LogP contribution in [0.2, 0.25) is 0 Å². The van der Waals surface area contributed by atoms with Gasteiger partial charge in [-0.3, -0.25) is 9.69 Å². The maximum absolute atomic E-state index is 13.6. The number of carbonyl (C=O) groups is 2. The van der Waals surface area contributed by atoms with E-state index < -0.39 is 17.7 Å². The summed E-state index contributed by atoms with van der Waals surface area (Å²) in [6, 6.07) is 5.89. The Morgan fingerprint density at radius 3 is 2.72 bits per heavy atom. The van der Waals surface area contributed by atoms with Crippen LogP contribution in [0.4, 0.5) is 9.39 Å². The van der Waals surface area contributed by atoms with Crippen LogP contribution < -0.4 is 10.1 Å². The quantitative estimate of drug-likeness (QED) is 0.659. The molecule has 1 aliphatic rings. The number of halogens is 2. The number of rotatable bonds is 7. The Balaban J connectivity index is 0.00000300. The van der Waals surface area contributed by atoms with Gasteiger partial charge >= 0.3 is 5.97 Å². The Morgan fingerprint density at radius 1 is 1.28 bits per heavy atom. The van der Waals surface area contributed by atoms with Crippen LogP contribution in [0, 0.1) is 5.82 Å². The molecule has 1 aliphatic heterocycles. The molecule has 2 aromatic rings. The molecule has 0 aliphatic carbocycles. The lowest BCUT2D eigenvalue weighted by Crippen LogP contribution is -2.30. The number of anilines is 1. The summed E-state index contributed by atoms with van der Waals surface area (Å²) in [6.45, 7) is 6.26. The summed E-state index contributed by atoms with van der Waals surface area (Å²) in [7, 11) is 0. The smallest absolute Gasteiger partial charge is 0.341 e. The fraction of sp³-hybridized carbons (Fsp3) is 0.400. The second-order valence-corrected chi connectivity index (χ2v) is 7.42. The molecule has 29 heavy (non-hydrogen) atoms. The molecule has 2 heterocycles. The highest BCUT2D eigenvalue weighted by Crippen LogP contribution is 2.37. The lowest BCUT2D eigenvalue weighted by Gasteiger charge is -2.25. The van der Waals surface area contributed by atoms with Crippen LogP contribution in [-0.4, -0.2) is 43.1 Å². The van der Waals surface area contributed by atoms with Crippen molar-refractivity contribution in [2.24, 2.45) is 0 Å². The molecular weight excluding hydrogens is 419 g/mol. The molecule has 1 aromatic heterocycles. The van der Waals surface area contributed by atoms with Crippen LogP contribution in [-0.2, 0) is 22.5 Å². The van der Waals surface area contributed by atoms with E-state index in [-0.39, 0.29) is 31.4 Å². The van der Waals surface area contributed by atoms with E-state index in [1.807, 2.05) is 0 Å². The van der Waals surface area contributed by atoms with Crippen LogP contribution in [0.3, 0.4) is 0 Å². The number of hydrogen-bond acceptors (Lipinski definition) is 6. The van der Waals surface area contributed by atoms with Crippen LogP contribution in [0.1, 0.15) is 34.6 Å². The van der Waals surface area contributed by atoms with Gasteiger partial charge in [0.05, 0.1) is 12.2 Å². The lowest BCUT2D eigenvalue weighted by atomic mass is 10.0. The second-order valence-electron chi connectivity index (χ2n) is 6.31. The summed E-state index contributed by atoms with van der Waals surface area (Å²) in [5.74, 6) is -1.42. The van der Waals surface area contributed by atoms with Crippen LogP contribution in [0.5, 0.6) is 5.75 Å². The third kappa shape index (κ3) is 5.46. The number of benzene rings is 1. The van der Waals surface area contributed by atoms with Gasteiger partial charge in [0.15, 0.2) is 18.2 Å². The average Bonchev–Trinajstić information content (AvgIpc) is 3.04. The van der Waals surface area contributed by atoms with Crippen molar-refractivity contribution in [3.05, 3.63) is 46.1 Å². The monoisotopic (exact) mass is 442 g/mol. The predicted octanol–water partition coefficient (Wildman–Crippen LogP) is 3.88. The molecule has 0 fully saturated rings. The van der Waals surface area contributed by atoms with Gasteiger partial charge in [0.25, 0.3) is 5.91 Å². The van der Waals surface area contributed by atoms with E-state index in [9.17, 15) is 14.0 Å². The molecule has 6 nitrogen and oxygen atoms in total. The topological polar surface area (TPSA) is 67.9 Å². The third-order valence-electron chi connectivity index (χ3n) is 4.51. The van der Waals surface area contributed by atoms with E-state index in [0.717, 1.165) is 36.5 Å². The van der Waals surface area contributed by atoms with Gasteiger partial charge < -0.3 is 14.8 Å². The van der Waals surface area contributed by atoms with Gasteiger partial charge in [0.1, 0.15) is 5.00 Å². The summed E-state index contributed by atoms with van der Waals surface area (Å²) >= 11 is 1.38. The minimum Gasteiger partial charge on any atom is -0.481 e. The average molecular weight is 443 g/mol. The van der Waals surface area contributed by atoms with Gasteiger partial charge in [-0.1, -0.05) is 19.1 Å². The molecule has 9 heteroatoms. The molecule has 0 saturated heterocycles. The first-order valence-corrected chi connectivity index (χ1v) is 10.1. The Kier molecular flexibility index (Phi) is 8.43. The van der Waals surface area contributed by atoms with E-state index >= 15 is 0 Å².